The number of hydrogen-bond donors (Lipinski definition) is 3. The number of ether oxygens (including phenoxy) is 1. The average Bonchev–Trinajstić information content (AvgIpc) is 3.26. The topological polar surface area (TPSA) is 246 Å². The van der Waals surface area contributed by atoms with Gasteiger partial charge in [0.1, 0.15) is 12.3 Å². The molecular formula is C20H20N6Na2O10S2. The van der Waals surface area contributed by atoms with Gasteiger partial charge >= 0.3 is 65.1 Å². The first kappa shape index (κ1) is 35.8. The van der Waals surface area contributed by atoms with E-state index in [1.165, 1.54) is 5.38 Å². The number of carboxylic acid groups (broad SMARTS) is 2. The molecule has 0 saturated carbocycles. The number of hydrogen-bond acceptors (Lipinski definition) is 15. The van der Waals surface area contributed by atoms with Gasteiger partial charge < -0.3 is 45.7 Å². The predicted octanol–water partition coefficient (Wildman–Crippen LogP) is -9.98. The van der Waals surface area contributed by atoms with Crippen molar-refractivity contribution in [2.75, 3.05) is 18.1 Å². The minimum absolute atomic E-state index is 0. The van der Waals surface area contributed by atoms with E-state index >= 15 is 0 Å². The number of thiazole rings is 1. The van der Waals surface area contributed by atoms with Crippen LogP contribution in [-0.2, 0) is 38.3 Å². The summed E-state index contributed by atoms with van der Waals surface area (Å²) in [6, 6.07) is -1.52. The maximum absolute atomic E-state index is 13.2. The Labute approximate surface area is 279 Å². The Balaban J connectivity index is 0.00000400. The molecule has 1 aromatic heterocycles. The summed E-state index contributed by atoms with van der Waals surface area (Å²) in [5.74, 6) is -6.27. The van der Waals surface area contributed by atoms with Gasteiger partial charge in [0.15, 0.2) is 27.5 Å². The minimum atomic E-state index is -1.96. The maximum atomic E-state index is 13.2. The van der Waals surface area contributed by atoms with E-state index < -0.39 is 64.4 Å². The van der Waals surface area contributed by atoms with Crippen LogP contribution in [0.2, 0.25) is 0 Å². The Bertz CT molecular complexity index is 1290. The maximum Gasteiger partial charge on any atom is 1.00 e. The number of anilines is 1. The third-order valence-corrected chi connectivity index (χ3v) is 7.38. The second-order valence-corrected chi connectivity index (χ2v) is 10.3. The van der Waals surface area contributed by atoms with Crippen molar-refractivity contribution in [2.45, 2.75) is 37.4 Å². The van der Waals surface area contributed by atoms with Gasteiger partial charge in [-0.25, -0.2) is 4.98 Å². The number of nitrogens with two attached hydrogens (primary N) is 1. The van der Waals surface area contributed by atoms with Gasteiger partial charge in [-0.3, -0.25) is 24.1 Å². The Morgan fingerprint density at radius 3 is 2.48 bits per heavy atom. The van der Waals surface area contributed by atoms with Crippen LogP contribution in [0.1, 0.15) is 26.5 Å². The van der Waals surface area contributed by atoms with E-state index in [0.717, 1.165) is 43.9 Å². The zero-order valence-corrected chi connectivity index (χ0v) is 27.6. The number of thioether (sulfide) groups is 1. The fourth-order valence-corrected chi connectivity index (χ4v) is 5.27. The summed E-state index contributed by atoms with van der Waals surface area (Å²) < 4.78 is 4.85. The van der Waals surface area contributed by atoms with Gasteiger partial charge in [0.05, 0.1) is 17.6 Å². The zero-order valence-electron chi connectivity index (χ0n) is 22.0. The van der Waals surface area contributed by atoms with Crippen molar-refractivity contribution in [3.05, 3.63) is 22.3 Å². The fraction of sp³-hybridized carbons (Fsp3) is 0.400. The van der Waals surface area contributed by atoms with Gasteiger partial charge in [0.25, 0.3) is 11.8 Å². The molecule has 2 aliphatic rings. The number of carbonyl (C=O) groups excluding carboxylic acids is 6. The summed E-state index contributed by atoms with van der Waals surface area (Å²) in [4.78, 5) is 80.0. The number of nitrogen functional groups attached to an aromatic ring is 1. The van der Waals surface area contributed by atoms with E-state index in [1.54, 1.807) is 0 Å². The molecule has 2 aliphatic heterocycles. The van der Waals surface area contributed by atoms with Crippen LogP contribution in [0.15, 0.2) is 21.8 Å². The SMILES string of the molecule is CC(=O)OCC1=C(C(=O)[O-])N2C(=O)[C@H](NC(=O)/C(=N\OC(C)(C)C(=O)[O-])c3csc(N)n3)C2(NC=O)SC1.[Na+].[Na+]. The number of rotatable bonds is 11. The van der Waals surface area contributed by atoms with Gasteiger partial charge in [0.2, 0.25) is 6.41 Å². The molecule has 0 radical (unpaired) electrons. The number of carbonyl (C=O) groups is 6. The molecule has 204 valence electrons. The standard InChI is InChI=1S/C20H22N6O10S2.2Na/c1-8(28)35-4-9-5-38-20(22-7-27)13(15(30)26(20)12(9)16(31)32)24-14(29)11(10-6-37-18(21)23-10)25-36-19(2,3)17(33)34;;/h6-7,13H,4-5H2,1-3H3,(H2,21,23)(H,22,27)(H,24,29)(H,31,32)(H,33,34);;/q;2*+1/p-2/b25-11-;;/t13-,20?;;/m0../s1. The molecule has 16 nitrogen and oxygen atoms in total. The van der Waals surface area contributed by atoms with Crippen LogP contribution >= 0.6 is 23.1 Å². The van der Waals surface area contributed by atoms with Crippen molar-refractivity contribution < 1.29 is 108 Å². The fourth-order valence-electron chi connectivity index (χ4n) is 3.34. The van der Waals surface area contributed by atoms with E-state index in [-0.39, 0.29) is 87.7 Å². The van der Waals surface area contributed by atoms with Crippen molar-refractivity contribution in [1.29, 1.82) is 0 Å². The summed E-state index contributed by atoms with van der Waals surface area (Å²) in [6.07, 6.45) is 0.206. The summed E-state index contributed by atoms with van der Waals surface area (Å²) in [5, 5.41) is 32.9. The molecule has 40 heavy (non-hydrogen) atoms. The largest absolute Gasteiger partial charge is 1.00 e. The summed E-state index contributed by atoms with van der Waals surface area (Å²) in [6.45, 7) is 2.90. The Kier molecular flexibility index (Phi) is 12.7. The molecule has 0 bridgehead atoms. The second-order valence-electron chi connectivity index (χ2n) is 8.25. The van der Waals surface area contributed by atoms with Crippen LogP contribution in [-0.4, -0.2) is 80.7 Å². The van der Waals surface area contributed by atoms with Crippen molar-refractivity contribution in [1.82, 2.24) is 20.5 Å². The molecule has 0 aliphatic carbocycles. The van der Waals surface area contributed by atoms with Crippen LogP contribution in [0.3, 0.4) is 0 Å². The van der Waals surface area contributed by atoms with E-state index in [1.807, 2.05) is 0 Å². The summed E-state index contributed by atoms with van der Waals surface area (Å²) in [5.41, 5.74) is 2.39. The number of aliphatic carboxylic acids is 2. The number of nitrogens with zero attached hydrogens (tertiary/aromatic N) is 3. The Hall–Kier alpha value is -2.19. The average molecular weight is 615 g/mol. The molecule has 1 saturated heterocycles. The summed E-state index contributed by atoms with van der Waals surface area (Å²) in [7, 11) is 0. The van der Waals surface area contributed by atoms with Crippen LogP contribution < -0.4 is 85.7 Å². The van der Waals surface area contributed by atoms with Crippen LogP contribution in [0.5, 0.6) is 0 Å². The van der Waals surface area contributed by atoms with E-state index in [9.17, 15) is 39.0 Å². The van der Waals surface area contributed by atoms with E-state index in [0.29, 0.717) is 4.90 Å². The predicted molar refractivity (Wildman–Crippen MR) is 125 cm³/mol. The smallest absolute Gasteiger partial charge is 0.546 e. The number of amides is 3. The number of β-lactam (4-membered cyclic amide) rings is 1. The van der Waals surface area contributed by atoms with E-state index in [2.05, 4.69) is 20.8 Å². The molecule has 1 aromatic rings. The number of nitrogens with one attached hydrogen (secondary N) is 2. The van der Waals surface area contributed by atoms with Crippen LogP contribution in [0.4, 0.5) is 5.13 Å². The van der Waals surface area contributed by atoms with Crippen molar-refractivity contribution >= 4 is 70.1 Å². The first-order valence-electron chi connectivity index (χ1n) is 10.5. The number of fused-ring (bicyclic) bond motifs is 1. The van der Waals surface area contributed by atoms with Crippen molar-refractivity contribution in [3.63, 3.8) is 0 Å². The monoisotopic (exact) mass is 614 g/mol. The first-order valence-corrected chi connectivity index (χ1v) is 12.4. The number of esters is 1. The van der Waals surface area contributed by atoms with Crippen LogP contribution in [0.25, 0.3) is 0 Å². The molecular weight excluding hydrogens is 594 g/mol. The molecule has 4 N–H and O–H groups in total. The molecule has 1 fully saturated rings. The molecule has 3 heterocycles. The normalized spacial score (nSPS) is 20.1. The van der Waals surface area contributed by atoms with Gasteiger partial charge in [-0.1, -0.05) is 5.16 Å². The van der Waals surface area contributed by atoms with E-state index in [4.69, 9.17) is 15.3 Å². The minimum Gasteiger partial charge on any atom is -0.546 e. The van der Waals surface area contributed by atoms with Crippen molar-refractivity contribution in [2.24, 2.45) is 5.16 Å². The molecule has 0 spiro atoms. The number of carboxylic acids is 2. The molecule has 20 heteroatoms. The molecule has 3 rings (SSSR count). The van der Waals surface area contributed by atoms with Crippen molar-refractivity contribution in [3.8, 4) is 0 Å². The molecule has 1 unspecified atom stereocenters. The van der Waals surface area contributed by atoms with Gasteiger partial charge in [-0.2, -0.15) is 0 Å². The Morgan fingerprint density at radius 2 is 1.98 bits per heavy atom. The number of oxime groups is 1. The Morgan fingerprint density at radius 1 is 1.32 bits per heavy atom. The molecule has 2 atom stereocenters. The third kappa shape index (κ3) is 7.17. The van der Waals surface area contributed by atoms with Gasteiger partial charge in [0, 0.05) is 23.6 Å². The second kappa shape index (κ2) is 14.1. The van der Waals surface area contributed by atoms with Crippen LogP contribution in [0, 0.1) is 0 Å². The first-order chi connectivity index (χ1) is 17.7. The number of aromatic nitrogens is 1. The molecule has 0 aromatic carbocycles. The zero-order chi connectivity index (χ0) is 28.4. The van der Waals surface area contributed by atoms with Gasteiger partial charge in [-0.15, -0.1) is 23.1 Å². The third-order valence-electron chi connectivity index (χ3n) is 5.24. The van der Waals surface area contributed by atoms with Gasteiger partial charge in [-0.05, 0) is 13.8 Å². The summed E-state index contributed by atoms with van der Waals surface area (Å²) >= 11 is 1.80. The molecule has 3 amide bonds. The quantitative estimate of drug-likeness (QED) is 0.0524.